The molecule has 3 heterocycles. The van der Waals surface area contributed by atoms with Crippen molar-refractivity contribution < 1.29 is 9.52 Å². The number of pyridine rings is 1. The summed E-state index contributed by atoms with van der Waals surface area (Å²) in [5.41, 5.74) is 2.25. The Kier molecular flexibility index (Phi) is 3.94. The van der Waals surface area contributed by atoms with Crippen molar-refractivity contribution in [3.05, 3.63) is 53.9 Å². The van der Waals surface area contributed by atoms with Gasteiger partial charge in [-0.05, 0) is 37.0 Å². The monoisotopic (exact) mass is 350 g/mol. The zero-order chi connectivity index (χ0) is 17.5. The van der Waals surface area contributed by atoms with Gasteiger partial charge in [0.15, 0.2) is 0 Å². The number of hydrogen-bond acceptors (Lipinski definition) is 6. The number of aliphatic hydroxyl groups excluding tert-OH is 1. The van der Waals surface area contributed by atoms with Gasteiger partial charge in [-0.15, -0.1) is 10.2 Å². The van der Waals surface area contributed by atoms with Crippen LogP contribution in [0.25, 0.3) is 10.9 Å². The second-order valence-corrected chi connectivity index (χ2v) is 7.52. The number of benzene rings is 1. The Morgan fingerprint density at radius 3 is 2.88 bits per heavy atom. The van der Waals surface area contributed by atoms with E-state index in [1.54, 1.807) is 0 Å². The first kappa shape index (κ1) is 15.9. The second-order valence-electron chi connectivity index (χ2n) is 7.52. The number of aliphatic hydroxyl groups is 1. The minimum absolute atomic E-state index is 0.201. The summed E-state index contributed by atoms with van der Waals surface area (Å²) in [5, 5.41) is 20.0. The van der Waals surface area contributed by atoms with Crippen LogP contribution < -0.4 is 0 Å². The number of para-hydroxylation sites is 1. The molecule has 2 atom stereocenters. The SMILES string of the molecule is O[C@H]1CN(Cc2nnc(C3CC3)o2)C[C@H]1Cc1ccnc2ccccc12. The van der Waals surface area contributed by atoms with E-state index in [-0.39, 0.29) is 12.0 Å². The molecule has 0 bridgehead atoms. The number of hydrogen-bond donors (Lipinski definition) is 1. The Labute approximate surface area is 151 Å². The van der Waals surface area contributed by atoms with Gasteiger partial charge in [-0.2, -0.15) is 0 Å². The van der Waals surface area contributed by atoms with Gasteiger partial charge in [0.25, 0.3) is 0 Å². The zero-order valence-electron chi connectivity index (χ0n) is 14.6. The lowest BCUT2D eigenvalue weighted by Gasteiger charge is -2.15. The average molecular weight is 350 g/mol. The predicted molar refractivity (Wildman–Crippen MR) is 96.5 cm³/mol. The number of likely N-dealkylation sites (tertiary alicyclic amines) is 1. The first-order valence-corrected chi connectivity index (χ1v) is 9.31. The summed E-state index contributed by atoms with van der Waals surface area (Å²) in [6.45, 7) is 2.10. The highest BCUT2D eigenvalue weighted by Gasteiger charge is 2.33. The number of β-amino-alcohol motifs (C(OH)–C–C–N with tert-alkyl or cyclic N) is 1. The van der Waals surface area contributed by atoms with E-state index in [1.165, 1.54) is 10.9 Å². The fraction of sp³-hybridized carbons (Fsp3) is 0.450. The van der Waals surface area contributed by atoms with Crippen molar-refractivity contribution in [3.8, 4) is 0 Å². The molecule has 2 aliphatic rings. The van der Waals surface area contributed by atoms with E-state index in [0.29, 0.717) is 24.9 Å². The van der Waals surface area contributed by atoms with Gasteiger partial charge >= 0.3 is 0 Å². The standard InChI is InChI=1S/C20H22N4O2/c25-18-11-24(12-19-22-23-20(26-19)13-5-6-13)10-15(18)9-14-7-8-21-17-4-2-1-3-16(14)17/h1-4,7-8,13,15,18,25H,5-6,9-12H2/t15-,18+/m1/s1. The molecule has 6 nitrogen and oxygen atoms in total. The molecule has 0 amide bonds. The van der Waals surface area contributed by atoms with E-state index in [4.69, 9.17) is 4.42 Å². The lowest BCUT2D eigenvalue weighted by atomic mass is 9.94. The third-order valence-electron chi connectivity index (χ3n) is 5.47. The van der Waals surface area contributed by atoms with Gasteiger partial charge in [0.1, 0.15) is 0 Å². The molecule has 1 aliphatic carbocycles. The summed E-state index contributed by atoms with van der Waals surface area (Å²) < 4.78 is 5.76. The van der Waals surface area contributed by atoms with Crippen molar-refractivity contribution in [2.75, 3.05) is 13.1 Å². The van der Waals surface area contributed by atoms with Crippen molar-refractivity contribution in [2.45, 2.75) is 37.8 Å². The third-order valence-corrected chi connectivity index (χ3v) is 5.47. The normalized spacial score (nSPS) is 23.7. The Morgan fingerprint density at radius 1 is 1.12 bits per heavy atom. The van der Waals surface area contributed by atoms with Gasteiger partial charge in [-0.3, -0.25) is 9.88 Å². The molecule has 134 valence electrons. The summed E-state index contributed by atoms with van der Waals surface area (Å²) >= 11 is 0. The van der Waals surface area contributed by atoms with Crippen molar-refractivity contribution in [1.82, 2.24) is 20.1 Å². The fourth-order valence-corrected chi connectivity index (χ4v) is 3.90. The Bertz CT molecular complexity index is 916. The van der Waals surface area contributed by atoms with E-state index in [9.17, 15) is 5.11 Å². The first-order valence-electron chi connectivity index (χ1n) is 9.31. The van der Waals surface area contributed by atoms with E-state index < -0.39 is 0 Å². The highest BCUT2D eigenvalue weighted by molar-refractivity contribution is 5.81. The van der Waals surface area contributed by atoms with Crippen molar-refractivity contribution in [1.29, 1.82) is 0 Å². The van der Waals surface area contributed by atoms with Crippen LogP contribution in [0.2, 0.25) is 0 Å². The summed E-state index contributed by atoms with van der Waals surface area (Å²) in [6.07, 6.45) is 4.68. The molecule has 1 aromatic carbocycles. The summed E-state index contributed by atoms with van der Waals surface area (Å²) in [5.74, 6) is 2.12. The minimum Gasteiger partial charge on any atom is -0.424 e. The molecule has 1 N–H and O–H groups in total. The van der Waals surface area contributed by atoms with E-state index in [2.05, 4.69) is 32.2 Å². The second kappa shape index (κ2) is 6.45. The molecule has 1 saturated carbocycles. The molecule has 6 heteroatoms. The maximum absolute atomic E-state index is 10.6. The first-order chi connectivity index (χ1) is 12.8. The van der Waals surface area contributed by atoms with Crippen LogP contribution >= 0.6 is 0 Å². The van der Waals surface area contributed by atoms with E-state index in [0.717, 1.165) is 37.2 Å². The Balaban J connectivity index is 1.28. The molecule has 3 aromatic rings. The smallest absolute Gasteiger partial charge is 0.230 e. The van der Waals surface area contributed by atoms with Crippen LogP contribution in [0.3, 0.4) is 0 Å². The van der Waals surface area contributed by atoms with Crippen LogP contribution in [0.15, 0.2) is 40.9 Å². The molecular formula is C20H22N4O2. The van der Waals surface area contributed by atoms with Crippen LogP contribution in [-0.4, -0.2) is 44.4 Å². The molecule has 0 unspecified atom stereocenters. The topological polar surface area (TPSA) is 75.3 Å². The highest BCUT2D eigenvalue weighted by atomic mass is 16.4. The van der Waals surface area contributed by atoms with Crippen LogP contribution in [0.5, 0.6) is 0 Å². The van der Waals surface area contributed by atoms with Crippen LogP contribution in [0, 0.1) is 5.92 Å². The lowest BCUT2D eigenvalue weighted by molar-refractivity contribution is 0.140. The summed E-state index contributed by atoms with van der Waals surface area (Å²) in [7, 11) is 0. The van der Waals surface area contributed by atoms with Gasteiger partial charge in [0.2, 0.25) is 11.8 Å². The molecule has 2 fully saturated rings. The molecule has 0 spiro atoms. The number of rotatable bonds is 5. The molecule has 5 rings (SSSR count). The van der Waals surface area contributed by atoms with Crippen LogP contribution in [0.4, 0.5) is 0 Å². The van der Waals surface area contributed by atoms with Crippen molar-refractivity contribution in [2.24, 2.45) is 5.92 Å². The maximum atomic E-state index is 10.6. The van der Waals surface area contributed by atoms with Gasteiger partial charge in [-0.1, -0.05) is 18.2 Å². The molecular weight excluding hydrogens is 328 g/mol. The van der Waals surface area contributed by atoms with Gasteiger partial charge in [0, 0.05) is 36.5 Å². The number of fused-ring (bicyclic) bond motifs is 1. The largest absolute Gasteiger partial charge is 0.424 e. The Hall–Kier alpha value is -2.31. The maximum Gasteiger partial charge on any atom is 0.230 e. The highest BCUT2D eigenvalue weighted by Crippen LogP contribution is 2.39. The molecule has 2 aromatic heterocycles. The van der Waals surface area contributed by atoms with E-state index >= 15 is 0 Å². The van der Waals surface area contributed by atoms with Gasteiger partial charge < -0.3 is 9.52 Å². The van der Waals surface area contributed by atoms with Gasteiger partial charge in [0.05, 0.1) is 18.2 Å². The molecule has 1 saturated heterocycles. The quantitative estimate of drug-likeness (QED) is 0.762. The lowest BCUT2D eigenvalue weighted by Crippen LogP contribution is -2.21. The third kappa shape index (κ3) is 3.10. The molecule has 0 radical (unpaired) electrons. The fourth-order valence-electron chi connectivity index (χ4n) is 3.90. The van der Waals surface area contributed by atoms with Crippen LogP contribution in [0.1, 0.15) is 36.1 Å². The van der Waals surface area contributed by atoms with Gasteiger partial charge in [-0.25, -0.2) is 0 Å². The van der Waals surface area contributed by atoms with Crippen LogP contribution in [-0.2, 0) is 13.0 Å². The Morgan fingerprint density at radius 2 is 2.00 bits per heavy atom. The van der Waals surface area contributed by atoms with E-state index in [1.807, 2.05) is 24.4 Å². The molecule has 26 heavy (non-hydrogen) atoms. The van der Waals surface area contributed by atoms with Crippen molar-refractivity contribution >= 4 is 10.9 Å². The number of nitrogens with zero attached hydrogens (tertiary/aromatic N) is 4. The minimum atomic E-state index is -0.340. The average Bonchev–Trinajstić information content (AvgIpc) is 3.31. The number of aromatic nitrogens is 3. The summed E-state index contributed by atoms with van der Waals surface area (Å²) in [4.78, 5) is 6.64. The predicted octanol–water partition coefficient (Wildman–Crippen LogP) is 2.53. The van der Waals surface area contributed by atoms with Crippen molar-refractivity contribution in [3.63, 3.8) is 0 Å². The summed E-state index contributed by atoms with van der Waals surface area (Å²) in [6, 6.07) is 10.2. The zero-order valence-corrected chi connectivity index (χ0v) is 14.6. The molecule has 1 aliphatic heterocycles.